The molecule has 1 aliphatic rings. The zero-order valence-electron chi connectivity index (χ0n) is 14.0. The van der Waals surface area contributed by atoms with Crippen LogP contribution in [0.5, 0.6) is 0 Å². The second kappa shape index (κ2) is 6.57. The van der Waals surface area contributed by atoms with E-state index in [0.717, 1.165) is 34.0 Å². The Labute approximate surface area is 155 Å². The summed E-state index contributed by atoms with van der Waals surface area (Å²) in [5, 5.41) is 11.3. The van der Waals surface area contributed by atoms with Crippen LogP contribution < -0.4 is 5.01 Å². The molecule has 3 aromatic heterocycles. The van der Waals surface area contributed by atoms with Gasteiger partial charge in [0, 0.05) is 18.1 Å². The van der Waals surface area contributed by atoms with Crippen molar-refractivity contribution < 1.29 is 0 Å². The fourth-order valence-corrected chi connectivity index (χ4v) is 2.77. The molecule has 26 heavy (non-hydrogen) atoms. The van der Waals surface area contributed by atoms with E-state index in [1.807, 2.05) is 48.1 Å². The zero-order chi connectivity index (χ0) is 18.1. The maximum Gasteiger partial charge on any atom is 0.129 e. The van der Waals surface area contributed by atoms with Crippen LogP contribution in [0, 0.1) is 6.92 Å². The Morgan fingerprint density at radius 3 is 2.69 bits per heavy atom. The van der Waals surface area contributed by atoms with Crippen LogP contribution in [0.15, 0.2) is 78.5 Å². The van der Waals surface area contributed by atoms with Crippen LogP contribution in [0.25, 0.3) is 5.69 Å². The van der Waals surface area contributed by atoms with Crippen LogP contribution in [0.2, 0.25) is 5.15 Å². The number of hydrazone groups is 1. The van der Waals surface area contributed by atoms with Gasteiger partial charge in [0.05, 0.1) is 29.5 Å². The summed E-state index contributed by atoms with van der Waals surface area (Å²) in [4.78, 5) is 8.35. The first kappa shape index (κ1) is 16.2. The number of hydrogen-bond donors (Lipinski definition) is 0. The fraction of sp³-hybridized carbons (Fsp3) is 0.0526. The van der Waals surface area contributed by atoms with Gasteiger partial charge in [-0.3, -0.25) is 4.98 Å². The Hall–Kier alpha value is -3.25. The number of pyridine rings is 2. The van der Waals surface area contributed by atoms with Crippen LogP contribution >= 0.6 is 11.6 Å². The van der Waals surface area contributed by atoms with Gasteiger partial charge in [-0.1, -0.05) is 18.2 Å². The van der Waals surface area contributed by atoms with Gasteiger partial charge < -0.3 is 0 Å². The molecule has 7 heteroatoms. The lowest BCUT2D eigenvalue weighted by Crippen LogP contribution is -2.21. The molecule has 0 amide bonds. The van der Waals surface area contributed by atoms with Gasteiger partial charge in [-0.2, -0.15) is 10.2 Å². The van der Waals surface area contributed by atoms with Crippen LogP contribution in [0.1, 0.15) is 11.4 Å². The molecule has 3 aromatic rings. The summed E-state index contributed by atoms with van der Waals surface area (Å²) in [7, 11) is 0. The molecule has 4 heterocycles. The molecule has 0 atom stereocenters. The van der Waals surface area contributed by atoms with Gasteiger partial charge in [0.1, 0.15) is 10.9 Å². The van der Waals surface area contributed by atoms with E-state index >= 15 is 0 Å². The highest BCUT2D eigenvalue weighted by Crippen LogP contribution is 2.23. The fourth-order valence-electron chi connectivity index (χ4n) is 2.66. The van der Waals surface area contributed by atoms with Crippen molar-refractivity contribution in [1.82, 2.24) is 19.7 Å². The van der Waals surface area contributed by atoms with Crippen molar-refractivity contribution in [2.45, 2.75) is 6.92 Å². The lowest BCUT2D eigenvalue weighted by atomic mass is 10.1. The highest BCUT2D eigenvalue weighted by atomic mass is 35.5. The third-order valence-electron chi connectivity index (χ3n) is 3.92. The number of aryl methyl sites for hydroxylation is 1. The molecule has 0 N–H and O–H groups in total. The summed E-state index contributed by atoms with van der Waals surface area (Å²) < 4.78 is 1.83. The van der Waals surface area contributed by atoms with E-state index < -0.39 is 0 Å². The molecule has 0 saturated heterocycles. The summed E-state index contributed by atoms with van der Waals surface area (Å²) in [6, 6.07) is 9.38. The highest BCUT2D eigenvalue weighted by Gasteiger charge is 2.19. The van der Waals surface area contributed by atoms with Crippen molar-refractivity contribution in [3.8, 4) is 5.69 Å². The third kappa shape index (κ3) is 3.02. The first-order valence-electron chi connectivity index (χ1n) is 7.96. The molecule has 128 valence electrons. The van der Waals surface area contributed by atoms with E-state index in [-0.39, 0.29) is 0 Å². The number of halogens is 1. The molecular formula is C19H15ClN6. The first-order chi connectivity index (χ1) is 12.6. The van der Waals surface area contributed by atoms with Crippen molar-refractivity contribution in [2.75, 3.05) is 5.01 Å². The Bertz CT molecular complexity index is 1030. The normalized spacial score (nSPS) is 13.8. The van der Waals surface area contributed by atoms with E-state index in [4.69, 9.17) is 16.7 Å². The van der Waals surface area contributed by atoms with Gasteiger partial charge in [-0.25, -0.2) is 14.7 Å². The van der Waals surface area contributed by atoms with Crippen LogP contribution in [0.3, 0.4) is 0 Å². The Morgan fingerprint density at radius 2 is 1.92 bits per heavy atom. The molecule has 0 aliphatic carbocycles. The predicted octanol–water partition coefficient (Wildman–Crippen LogP) is 3.92. The second-order valence-corrected chi connectivity index (χ2v) is 6.14. The standard InChI is InChI=1S/C19H15ClN6/c1-13-7-10-25(16-3-4-18(20)22-12-16)24-19(13)17-6-9-23-26(17)15-5-8-21-14(2)11-15/h3-12H,1H2,2H3. The number of rotatable bonds is 3. The smallest absolute Gasteiger partial charge is 0.129 e. The largest absolute Gasteiger partial charge is 0.261 e. The minimum absolute atomic E-state index is 0.439. The summed E-state index contributed by atoms with van der Waals surface area (Å²) in [6.45, 7) is 6.06. The quantitative estimate of drug-likeness (QED) is 0.662. The Kier molecular flexibility index (Phi) is 4.10. The number of anilines is 1. The monoisotopic (exact) mass is 362 g/mol. The van der Waals surface area contributed by atoms with E-state index in [9.17, 15) is 0 Å². The van der Waals surface area contributed by atoms with Gasteiger partial charge in [0.15, 0.2) is 0 Å². The first-order valence-corrected chi connectivity index (χ1v) is 8.34. The van der Waals surface area contributed by atoms with E-state index in [2.05, 4.69) is 21.6 Å². The van der Waals surface area contributed by atoms with Gasteiger partial charge in [0.25, 0.3) is 0 Å². The molecule has 4 rings (SSSR count). The number of aromatic nitrogens is 4. The van der Waals surface area contributed by atoms with Crippen molar-refractivity contribution in [3.63, 3.8) is 0 Å². The molecule has 0 bridgehead atoms. The van der Waals surface area contributed by atoms with Crippen LogP contribution in [-0.2, 0) is 0 Å². The van der Waals surface area contributed by atoms with Gasteiger partial charge >= 0.3 is 0 Å². The summed E-state index contributed by atoms with van der Waals surface area (Å²) in [5.41, 5.74) is 5.02. The summed E-state index contributed by atoms with van der Waals surface area (Å²) in [6.07, 6.45) is 8.93. The third-order valence-corrected chi connectivity index (χ3v) is 4.14. The highest BCUT2D eigenvalue weighted by molar-refractivity contribution is 6.29. The van der Waals surface area contributed by atoms with Crippen molar-refractivity contribution >= 4 is 23.0 Å². The Morgan fingerprint density at radius 1 is 1.04 bits per heavy atom. The van der Waals surface area contributed by atoms with Crippen LogP contribution in [0.4, 0.5) is 5.69 Å². The molecule has 0 radical (unpaired) electrons. The molecule has 0 spiro atoms. The number of nitrogens with zero attached hydrogens (tertiary/aromatic N) is 6. The minimum atomic E-state index is 0.439. The van der Waals surface area contributed by atoms with Crippen molar-refractivity contribution in [3.05, 3.63) is 89.9 Å². The SMILES string of the molecule is C=C1C=CN(c2ccc(Cl)nc2)N=C1c1ccnn1-c1ccnc(C)c1. The van der Waals surface area contributed by atoms with Crippen molar-refractivity contribution in [2.24, 2.45) is 5.10 Å². The number of allylic oxidation sites excluding steroid dienone is 2. The van der Waals surface area contributed by atoms with E-state index in [0.29, 0.717) is 5.15 Å². The molecule has 0 aromatic carbocycles. The molecule has 1 aliphatic heterocycles. The lowest BCUT2D eigenvalue weighted by molar-refractivity contribution is 0.863. The average molecular weight is 363 g/mol. The zero-order valence-corrected chi connectivity index (χ0v) is 14.8. The molecular weight excluding hydrogens is 348 g/mol. The maximum absolute atomic E-state index is 5.87. The molecule has 0 fully saturated rings. The van der Waals surface area contributed by atoms with Gasteiger partial charge in [0.2, 0.25) is 0 Å². The van der Waals surface area contributed by atoms with Gasteiger partial charge in [-0.15, -0.1) is 0 Å². The molecule has 0 unspecified atom stereocenters. The topological polar surface area (TPSA) is 59.2 Å². The minimum Gasteiger partial charge on any atom is -0.261 e. The predicted molar refractivity (Wildman–Crippen MR) is 103 cm³/mol. The Balaban J connectivity index is 1.76. The molecule has 6 nitrogen and oxygen atoms in total. The van der Waals surface area contributed by atoms with E-state index in [1.54, 1.807) is 29.7 Å². The molecule has 0 saturated carbocycles. The van der Waals surface area contributed by atoms with Crippen LogP contribution in [-0.4, -0.2) is 25.5 Å². The number of hydrogen-bond acceptors (Lipinski definition) is 5. The second-order valence-electron chi connectivity index (χ2n) is 5.76. The maximum atomic E-state index is 5.87. The van der Waals surface area contributed by atoms with E-state index in [1.165, 1.54) is 0 Å². The lowest BCUT2D eigenvalue weighted by Gasteiger charge is -2.21. The summed E-state index contributed by atoms with van der Waals surface area (Å²) in [5.74, 6) is 0. The van der Waals surface area contributed by atoms with Crippen molar-refractivity contribution in [1.29, 1.82) is 0 Å². The average Bonchev–Trinajstić information content (AvgIpc) is 3.12. The summed E-state index contributed by atoms with van der Waals surface area (Å²) >= 11 is 5.87. The van der Waals surface area contributed by atoms with Gasteiger partial charge in [-0.05, 0) is 48.9 Å².